The Labute approximate surface area is 178 Å². The lowest BCUT2D eigenvalue weighted by atomic mass is 9.87. The molecule has 2 heteroatoms. The second kappa shape index (κ2) is 6.69. The molecule has 4 aromatic carbocycles. The number of hydrogen-bond acceptors (Lipinski definition) is 1. The first kappa shape index (κ1) is 17.2. The van der Waals surface area contributed by atoms with E-state index in [9.17, 15) is 0 Å². The first-order chi connectivity index (χ1) is 14.3. The largest absolute Gasteiger partial charge is 0.239 e. The summed E-state index contributed by atoms with van der Waals surface area (Å²) in [6, 6.07) is 31.1. The molecule has 138 valence electrons. The highest BCUT2D eigenvalue weighted by Gasteiger charge is 2.26. The van der Waals surface area contributed by atoms with Gasteiger partial charge in [0.15, 0.2) is 0 Å². The highest BCUT2D eigenvalue weighted by atomic mass is 32.2. The van der Waals surface area contributed by atoms with Crippen molar-refractivity contribution in [2.75, 3.05) is 5.75 Å². The van der Waals surface area contributed by atoms with E-state index < -0.39 is 0 Å². The molecule has 5 aromatic rings. The smallest absolute Gasteiger partial charge is 0.121 e. The van der Waals surface area contributed by atoms with Crippen molar-refractivity contribution in [1.82, 2.24) is 0 Å². The summed E-state index contributed by atoms with van der Waals surface area (Å²) in [6.45, 7) is 2.31. The summed E-state index contributed by atoms with van der Waals surface area (Å²) in [7, 11) is 0. The molecule has 0 saturated heterocycles. The zero-order valence-corrected chi connectivity index (χ0v) is 17.7. The van der Waals surface area contributed by atoms with E-state index in [1.54, 1.807) is 0 Å². The standard InChI is InChI=1S/C27H19S2/c1-17-16-28-24-15-14-18-8-2-3-9-19(18)27(24)25(17)26-20-10-4-6-12-22(20)29-23-13-7-5-11-21(23)26/h2-15H,16H2,1H3/q+1. The van der Waals surface area contributed by atoms with E-state index >= 15 is 0 Å². The van der Waals surface area contributed by atoms with E-state index in [1.807, 2.05) is 23.1 Å². The first-order valence-corrected chi connectivity index (χ1v) is 11.7. The molecular weight excluding hydrogens is 388 g/mol. The predicted octanol–water partition coefficient (Wildman–Crippen LogP) is 8.42. The van der Waals surface area contributed by atoms with Gasteiger partial charge in [-0.15, -0.1) is 11.8 Å². The predicted molar refractivity (Wildman–Crippen MR) is 130 cm³/mol. The first-order valence-electron chi connectivity index (χ1n) is 9.90. The summed E-state index contributed by atoms with van der Waals surface area (Å²) >= 11 is 3.85. The van der Waals surface area contributed by atoms with Crippen molar-refractivity contribution in [2.45, 2.75) is 11.8 Å². The summed E-state index contributed by atoms with van der Waals surface area (Å²) in [5.74, 6) is 1.04. The van der Waals surface area contributed by atoms with Gasteiger partial charge in [0.2, 0.25) is 20.7 Å². The van der Waals surface area contributed by atoms with Crippen molar-refractivity contribution in [2.24, 2.45) is 0 Å². The van der Waals surface area contributed by atoms with Crippen LogP contribution in [0.4, 0.5) is 0 Å². The van der Waals surface area contributed by atoms with Gasteiger partial charge in [0.05, 0.1) is 0 Å². The van der Waals surface area contributed by atoms with Gasteiger partial charge in [0, 0.05) is 44.7 Å². The van der Waals surface area contributed by atoms with Crippen LogP contribution in [0.5, 0.6) is 0 Å². The highest BCUT2D eigenvalue weighted by Crippen LogP contribution is 2.48. The molecule has 0 radical (unpaired) electrons. The van der Waals surface area contributed by atoms with E-state index in [1.165, 1.54) is 58.1 Å². The fourth-order valence-electron chi connectivity index (χ4n) is 4.50. The number of fused-ring (bicyclic) bond motifs is 5. The van der Waals surface area contributed by atoms with E-state index in [-0.39, 0.29) is 0 Å². The maximum atomic E-state index is 2.31. The summed E-state index contributed by atoms with van der Waals surface area (Å²) in [6.07, 6.45) is 0. The molecule has 1 aliphatic rings. The molecule has 0 aliphatic carbocycles. The van der Waals surface area contributed by atoms with Crippen LogP contribution in [0.25, 0.3) is 36.5 Å². The third-order valence-corrected chi connectivity index (χ3v) is 8.17. The Balaban J connectivity index is 1.82. The van der Waals surface area contributed by atoms with Gasteiger partial charge in [-0.2, -0.15) is 0 Å². The topological polar surface area (TPSA) is 0 Å². The second-order valence-corrected chi connectivity index (χ2v) is 9.67. The summed E-state index contributed by atoms with van der Waals surface area (Å²) in [5, 5.41) is 5.38. The van der Waals surface area contributed by atoms with Crippen LogP contribution in [-0.4, -0.2) is 5.75 Å². The van der Waals surface area contributed by atoms with E-state index in [4.69, 9.17) is 0 Å². The Morgan fingerprint density at radius 1 is 0.655 bits per heavy atom. The summed E-state index contributed by atoms with van der Waals surface area (Å²) in [4.78, 5) is 1.39. The van der Waals surface area contributed by atoms with Crippen LogP contribution in [0.15, 0.2) is 95.4 Å². The number of benzene rings is 4. The Bertz CT molecular complexity index is 1410. The number of rotatable bonds is 1. The fourth-order valence-corrected chi connectivity index (χ4v) is 6.62. The molecule has 0 N–H and O–H groups in total. The quantitative estimate of drug-likeness (QED) is 0.198. The van der Waals surface area contributed by atoms with Crippen molar-refractivity contribution in [1.29, 1.82) is 0 Å². The van der Waals surface area contributed by atoms with E-state index in [0.29, 0.717) is 0 Å². The van der Waals surface area contributed by atoms with Gasteiger partial charge >= 0.3 is 0 Å². The monoisotopic (exact) mass is 407 g/mol. The van der Waals surface area contributed by atoms with Crippen LogP contribution < -0.4 is 0 Å². The van der Waals surface area contributed by atoms with Gasteiger partial charge in [-0.25, -0.2) is 0 Å². The second-order valence-electron chi connectivity index (χ2n) is 7.57. The zero-order chi connectivity index (χ0) is 19.4. The average molecular weight is 408 g/mol. The Morgan fingerprint density at radius 3 is 2.00 bits per heavy atom. The third kappa shape index (κ3) is 2.63. The van der Waals surface area contributed by atoms with Gasteiger partial charge < -0.3 is 0 Å². The Hall–Kier alpha value is -2.68. The van der Waals surface area contributed by atoms with E-state index in [2.05, 4.69) is 91.9 Å². The Kier molecular flexibility index (Phi) is 3.97. The molecule has 2 heterocycles. The molecule has 6 rings (SSSR count). The fraction of sp³-hybridized carbons (Fsp3) is 0.0741. The molecule has 0 amide bonds. The Morgan fingerprint density at radius 2 is 1.28 bits per heavy atom. The van der Waals surface area contributed by atoms with Crippen molar-refractivity contribution < 1.29 is 0 Å². The van der Waals surface area contributed by atoms with Crippen LogP contribution in [-0.2, 0) is 0 Å². The maximum Gasteiger partial charge on any atom is 0.239 e. The average Bonchev–Trinajstić information content (AvgIpc) is 2.78. The van der Waals surface area contributed by atoms with E-state index in [0.717, 1.165) is 5.75 Å². The lowest BCUT2D eigenvalue weighted by Crippen LogP contribution is -2.04. The molecule has 29 heavy (non-hydrogen) atoms. The van der Waals surface area contributed by atoms with Gasteiger partial charge in [-0.05, 0) is 41.5 Å². The summed E-state index contributed by atoms with van der Waals surface area (Å²) in [5.41, 5.74) is 5.69. The number of hydrogen-bond donors (Lipinski definition) is 0. The van der Waals surface area contributed by atoms with Crippen LogP contribution in [0.3, 0.4) is 0 Å². The molecule has 0 fully saturated rings. The molecule has 0 unspecified atom stereocenters. The van der Waals surface area contributed by atoms with Crippen LogP contribution >= 0.6 is 23.1 Å². The van der Waals surface area contributed by atoms with Crippen molar-refractivity contribution >= 4 is 59.6 Å². The molecule has 0 nitrogen and oxygen atoms in total. The maximum absolute atomic E-state index is 2.31. The van der Waals surface area contributed by atoms with Crippen LogP contribution in [0, 0.1) is 0 Å². The molecule has 0 saturated carbocycles. The minimum Gasteiger partial charge on any atom is -0.121 e. The minimum atomic E-state index is 1.04. The van der Waals surface area contributed by atoms with Crippen LogP contribution in [0.2, 0.25) is 0 Å². The van der Waals surface area contributed by atoms with Crippen molar-refractivity contribution in [3.05, 3.63) is 102 Å². The molecule has 1 aliphatic heterocycles. The lowest BCUT2D eigenvalue weighted by Gasteiger charge is -2.24. The lowest BCUT2D eigenvalue weighted by molar-refractivity contribution is 1.32. The highest BCUT2D eigenvalue weighted by molar-refractivity contribution is 7.99. The van der Waals surface area contributed by atoms with Gasteiger partial charge in [0.1, 0.15) is 0 Å². The molecular formula is C27H19S2+. The molecule has 0 spiro atoms. The van der Waals surface area contributed by atoms with Gasteiger partial charge in [0.25, 0.3) is 0 Å². The SMILES string of the molecule is CC1=C(c2c3ccccc3[s+]c3ccccc23)c2c(ccc3ccccc23)SC1. The number of thioether (sulfide) groups is 1. The normalized spacial score (nSPS) is 14.0. The van der Waals surface area contributed by atoms with Crippen molar-refractivity contribution in [3.8, 4) is 0 Å². The van der Waals surface area contributed by atoms with Gasteiger partial charge in [-0.1, -0.05) is 60.2 Å². The summed E-state index contributed by atoms with van der Waals surface area (Å²) < 4.78 is 2.70. The van der Waals surface area contributed by atoms with Crippen LogP contribution in [0.1, 0.15) is 18.1 Å². The molecule has 0 bridgehead atoms. The minimum absolute atomic E-state index is 1.04. The van der Waals surface area contributed by atoms with Gasteiger partial charge in [-0.3, -0.25) is 0 Å². The third-order valence-electron chi connectivity index (χ3n) is 5.79. The molecule has 0 atom stereocenters. The van der Waals surface area contributed by atoms with Crippen molar-refractivity contribution in [3.63, 3.8) is 0 Å². The zero-order valence-electron chi connectivity index (χ0n) is 16.1. The molecule has 1 aromatic heterocycles.